The number of nitrogens with one attached hydrogen (secondary N) is 2. The number of allylic oxidation sites excluding steroid dienone is 3. The summed E-state index contributed by atoms with van der Waals surface area (Å²) < 4.78 is 11.5. The predicted octanol–water partition coefficient (Wildman–Crippen LogP) is 13.3. The normalized spacial score (nSPS) is 17.2. The molecule has 0 bridgehead atoms. The largest absolute Gasteiger partial charge is 0.456 e. The van der Waals surface area contributed by atoms with E-state index in [9.17, 15) is 0 Å². The van der Waals surface area contributed by atoms with Crippen LogP contribution in [0.3, 0.4) is 0 Å². The monoisotopic (exact) mass is 752 g/mol. The summed E-state index contributed by atoms with van der Waals surface area (Å²) in [5.41, 5.74) is 11.2. The number of thiophene rings is 1. The molecule has 57 heavy (non-hydrogen) atoms. The first-order valence-corrected chi connectivity index (χ1v) is 20.5. The minimum Gasteiger partial charge on any atom is -0.456 e. The maximum absolute atomic E-state index is 6.55. The van der Waals surface area contributed by atoms with E-state index in [2.05, 4.69) is 185 Å². The zero-order valence-corrected chi connectivity index (χ0v) is 31.8. The SMILES string of the molecule is C1=CCCC(C2=NC(c3ccccc3)NC(c3cccc4sc5ccc(-c6ccc7oc8cccc(-n9c%10ccccc%10c%10ccccc%109)c8c7c6)cc5c34)N2)=C1. The van der Waals surface area contributed by atoms with Crippen LogP contribution in [0.2, 0.25) is 0 Å². The zero-order valence-electron chi connectivity index (χ0n) is 30.9. The lowest BCUT2D eigenvalue weighted by Gasteiger charge is -2.33. The summed E-state index contributed by atoms with van der Waals surface area (Å²) in [5, 5.41) is 15.0. The molecule has 2 atom stereocenters. The van der Waals surface area contributed by atoms with Crippen molar-refractivity contribution in [3.05, 3.63) is 187 Å². The highest BCUT2D eigenvalue weighted by molar-refractivity contribution is 7.25. The average molecular weight is 753 g/mol. The Kier molecular flexibility index (Phi) is 7.37. The summed E-state index contributed by atoms with van der Waals surface area (Å²) in [4.78, 5) is 5.22. The highest BCUT2D eigenvalue weighted by Gasteiger charge is 2.28. The van der Waals surface area contributed by atoms with Crippen LogP contribution in [0.5, 0.6) is 0 Å². The number of benzene rings is 7. The first kappa shape index (κ1) is 32.5. The third-order valence-corrected chi connectivity index (χ3v) is 12.9. The van der Waals surface area contributed by atoms with Gasteiger partial charge in [0.15, 0.2) is 0 Å². The highest BCUT2D eigenvalue weighted by Crippen LogP contribution is 2.43. The van der Waals surface area contributed by atoms with Gasteiger partial charge in [-0.2, -0.15) is 0 Å². The molecule has 0 fully saturated rings. The predicted molar refractivity (Wildman–Crippen MR) is 238 cm³/mol. The van der Waals surface area contributed by atoms with E-state index in [-0.39, 0.29) is 12.3 Å². The van der Waals surface area contributed by atoms with E-state index in [0.717, 1.165) is 57.4 Å². The van der Waals surface area contributed by atoms with E-state index in [1.54, 1.807) is 0 Å². The van der Waals surface area contributed by atoms with Crippen LogP contribution in [-0.2, 0) is 0 Å². The molecule has 0 amide bonds. The fraction of sp³-hybridized carbons (Fsp3) is 0.0784. The molecule has 4 heterocycles. The molecule has 2 unspecified atom stereocenters. The number of amidine groups is 1. The Balaban J connectivity index is 1.00. The molecule has 3 aromatic heterocycles. The van der Waals surface area contributed by atoms with Crippen LogP contribution in [0.1, 0.15) is 36.3 Å². The Morgan fingerprint density at radius 3 is 2.19 bits per heavy atom. The van der Waals surface area contributed by atoms with Gasteiger partial charge in [0, 0.05) is 36.3 Å². The van der Waals surface area contributed by atoms with Crippen LogP contribution in [0.4, 0.5) is 0 Å². The first-order chi connectivity index (χ1) is 28.2. The lowest BCUT2D eigenvalue weighted by atomic mass is 9.97. The van der Waals surface area contributed by atoms with Crippen molar-refractivity contribution < 1.29 is 4.42 Å². The number of para-hydroxylation sites is 2. The summed E-state index contributed by atoms with van der Waals surface area (Å²) in [6.07, 6.45) is 8.29. The lowest BCUT2D eigenvalue weighted by Crippen LogP contribution is -2.45. The van der Waals surface area contributed by atoms with E-state index in [1.165, 1.54) is 58.7 Å². The maximum atomic E-state index is 6.55. The van der Waals surface area contributed by atoms with E-state index < -0.39 is 0 Å². The molecular formula is C51H36N4OS. The highest BCUT2D eigenvalue weighted by atomic mass is 32.1. The molecule has 5 nitrogen and oxygen atoms in total. The van der Waals surface area contributed by atoms with Crippen molar-refractivity contribution >= 4 is 81.1 Å². The second-order valence-corrected chi connectivity index (χ2v) is 16.1. The summed E-state index contributed by atoms with van der Waals surface area (Å²) >= 11 is 1.85. The van der Waals surface area contributed by atoms with Gasteiger partial charge < -0.3 is 14.3 Å². The molecule has 2 aliphatic rings. The van der Waals surface area contributed by atoms with Crippen LogP contribution in [0.15, 0.2) is 185 Å². The van der Waals surface area contributed by atoms with Gasteiger partial charge in [-0.25, -0.2) is 4.99 Å². The molecule has 272 valence electrons. The number of hydrogen-bond donors (Lipinski definition) is 2. The van der Waals surface area contributed by atoms with Crippen LogP contribution in [-0.4, -0.2) is 10.4 Å². The molecule has 0 spiro atoms. The Hall–Kier alpha value is -6.73. The van der Waals surface area contributed by atoms with Gasteiger partial charge in [0.2, 0.25) is 0 Å². The average Bonchev–Trinajstić information content (AvgIpc) is 3.96. The molecule has 1 aliphatic heterocycles. The van der Waals surface area contributed by atoms with Crippen molar-refractivity contribution in [3.8, 4) is 16.8 Å². The first-order valence-electron chi connectivity index (χ1n) is 19.7. The number of rotatable bonds is 5. The number of furan rings is 1. The van der Waals surface area contributed by atoms with Crippen LogP contribution >= 0.6 is 11.3 Å². The van der Waals surface area contributed by atoms with Crippen LogP contribution < -0.4 is 10.6 Å². The molecule has 0 saturated carbocycles. The van der Waals surface area contributed by atoms with Gasteiger partial charge in [0.05, 0.1) is 22.1 Å². The third-order valence-electron chi connectivity index (χ3n) is 11.8. The van der Waals surface area contributed by atoms with Crippen molar-refractivity contribution in [1.29, 1.82) is 0 Å². The Morgan fingerprint density at radius 2 is 1.39 bits per heavy atom. The lowest BCUT2D eigenvalue weighted by molar-refractivity contribution is 0.410. The van der Waals surface area contributed by atoms with Gasteiger partial charge >= 0.3 is 0 Å². The van der Waals surface area contributed by atoms with Gasteiger partial charge in [-0.15, -0.1) is 11.3 Å². The molecular weight excluding hydrogens is 717 g/mol. The molecule has 2 N–H and O–H groups in total. The Morgan fingerprint density at radius 1 is 0.632 bits per heavy atom. The summed E-state index contributed by atoms with van der Waals surface area (Å²) in [5.74, 6) is 0.968. The topological polar surface area (TPSA) is 54.5 Å². The van der Waals surface area contributed by atoms with Gasteiger partial charge in [0.25, 0.3) is 0 Å². The molecule has 0 saturated heterocycles. The van der Waals surface area contributed by atoms with Gasteiger partial charge in [-0.3, -0.25) is 5.32 Å². The van der Waals surface area contributed by atoms with Gasteiger partial charge in [-0.05, 0) is 95.3 Å². The summed E-state index contributed by atoms with van der Waals surface area (Å²) in [6, 6.07) is 54.7. The Bertz CT molecular complexity index is 3270. The standard InChI is InChI=1S/C51H36N4OS/c1-3-13-31(14-4-1)49-52-50(32-15-5-2-6-16-32)54-51(53-49)37-19-11-24-46-47(37)39-30-34(26-28-45(39)57-46)33-25-27-43-38(29-33)48-42(22-12-23-44(48)56-43)55-40-20-9-7-17-35(40)36-18-8-10-21-41(36)55/h1-5,7-15,17-30,49,51,53H,6,16H2,(H,52,54). The number of hydrogen-bond acceptors (Lipinski definition) is 5. The van der Waals surface area contributed by atoms with Crippen molar-refractivity contribution in [2.24, 2.45) is 4.99 Å². The van der Waals surface area contributed by atoms with Crippen LogP contribution in [0, 0.1) is 0 Å². The fourth-order valence-electron chi connectivity index (χ4n) is 9.12. The Labute approximate surface area is 332 Å². The zero-order chi connectivity index (χ0) is 37.5. The molecule has 0 radical (unpaired) electrons. The van der Waals surface area contributed by atoms with E-state index in [4.69, 9.17) is 9.41 Å². The molecule has 1 aliphatic carbocycles. The van der Waals surface area contributed by atoms with Crippen molar-refractivity contribution in [3.63, 3.8) is 0 Å². The number of aromatic nitrogens is 1. The number of fused-ring (bicyclic) bond motifs is 9. The smallest absolute Gasteiger partial charge is 0.137 e. The van der Waals surface area contributed by atoms with E-state index in [1.807, 2.05) is 11.3 Å². The van der Waals surface area contributed by atoms with Crippen molar-refractivity contribution in [2.75, 3.05) is 0 Å². The minimum atomic E-state index is -0.168. The quantitative estimate of drug-likeness (QED) is 0.184. The fourth-order valence-corrected chi connectivity index (χ4v) is 10.2. The van der Waals surface area contributed by atoms with Gasteiger partial charge in [-0.1, -0.05) is 115 Å². The van der Waals surface area contributed by atoms with Gasteiger partial charge in [0.1, 0.15) is 29.3 Å². The van der Waals surface area contributed by atoms with Crippen molar-refractivity contribution in [2.45, 2.75) is 25.2 Å². The van der Waals surface area contributed by atoms with Crippen LogP contribution in [0.25, 0.3) is 80.7 Å². The number of nitrogens with zero attached hydrogens (tertiary/aromatic N) is 2. The summed E-state index contributed by atoms with van der Waals surface area (Å²) in [7, 11) is 0. The molecule has 6 heteroatoms. The third kappa shape index (κ3) is 5.22. The molecule has 10 aromatic rings. The second-order valence-electron chi connectivity index (χ2n) is 15.1. The maximum Gasteiger partial charge on any atom is 0.137 e. The minimum absolute atomic E-state index is 0.132. The number of aliphatic imine (C=N–C) groups is 1. The molecule has 7 aromatic carbocycles. The summed E-state index contributed by atoms with van der Waals surface area (Å²) in [6.45, 7) is 0. The van der Waals surface area contributed by atoms with E-state index >= 15 is 0 Å². The molecule has 12 rings (SSSR count). The second kappa shape index (κ2) is 12.9. The van der Waals surface area contributed by atoms with E-state index in [0.29, 0.717) is 0 Å². The van der Waals surface area contributed by atoms with Crippen molar-refractivity contribution in [1.82, 2.24) is 15.2 Å².